The Balaban J connectivity index is 2.90. The van der Waals surface area contributed by atoms with E-state index in [0.29, 0.717) is 25.3 Å². The second-order valence-corrected chi connectivity index (χ2v) is 5.40. The Bertz CT molecular complexity index is 412. The summed E-state index contributed by atoms with van der Waals surface area (Å²) in [4.78, 5) is 13.9. The van der Waals surface area contributed by atoms with E-state index in [2.05, 4.69) is 31.9 Å². The molecule has 4 nitrogen and oxygen atoms in total. The Labute approximate surface area is 123 Å². The molecule has 1 N–H and O–H groups in total. The van der Waals surface area contributed by atoms with Crippen molar-refractivity contribution < 1.29 is 14.6 Å². The van der Waals surface area contributed by atoms with Crippen LogP contribution >= 0.6 is 31.9 Å². The molecule has 100 valence electrons. The van der Waals surface area contributed by atoms with Crippen molar-refractivity contribution in [2.45, 2.75) is 0 Å². The summed E-state index contributed by atoms with van der Waals surface area (Å²) in [5.74, 6) is -0.130. The highest BCUT2D eigenvalue weighted by atomic mass is 79.9. The number of carbonyl (C=O) groups is 1. The van der Waals surface area contributed by atoms with E-state index in [1.54, 1.807) is 18.1 Å². The fourth-order valence-electron chi connectivity index (χ4n) is 1.47. The second-order valence-electron chi connectivity index (χ2n) is 3.63. The monoisotopic (exact) mass is 379 g/mol. The van der Waals surface area contributed by atoms with Gasteiger partial charge in [0.1, 0.15) is 0 Å². The van der Waals surface area contributed by atoms with E-state index in [9.17, 15) is 4.79 Å². The number of carbonyl (C=O) groups excluding carboxylic acids is 1. The van der Waals surface area contributed by atoms with Crippen molar-refractivity contribution in [1.82, 2.24) is 4.90 Å². The Morgan fingerprint density at radius 3 is 2.72 bits per heavy atom. The van der Waals surface area contributed by atoms with Crippen molar-refractivity contribution in [3.05, 3.63) is 32.7 Å². The Morgan fingerprint density at radius 1 is 1.39 bits per heavy atom. The van der Waals surface area contributed by atoms with Gasteiger partial charge in [0.25, 0.3) is 5.91 Å². The number of rotatable bonds is 6. The molecule has 0 saturated carbocycles. The van der Waals surface area contributed by atoms with Crippen LogP contribution in [0.4, 0.5) is 0 Å². The predicted octanol–water partition coefficient (Wildman–Crippen LogP) is 2.29. The van der Waals surface area contributed by atoms with E-state index in [0.717, 1.165) is 8.95 Å². The highest BCUT2D eigenvalue weighted by Gasteiger charge is 2.17. The van der Waals surface area contributed by atoms with Crippen LogP contribution in [0.25, 0.3) is 0 Å². The summed E-state index contributed by atoms with van der Waals surface area (Å²) in [6.07, 6.45) is 0. The number of aliphatic hydroxyl groups is 1. The Kier molecular flexibility index (Phi) is 6.85. The van der Waals surface area contributed by atoms with Gasteiger partial charge in [-0.3, -0.25) is 4.79 Å². The van der Waals surface area contributed by atoms with Crippen LogP contribution in [0.5, 0.6) is 0 Å². The lowest BCUT2D eigenvalue weighted by atomic mass is 10.2. The van der Waals surface area contributed by atoms with Crippen LogP contribution in [0.3, 0.4) is 0 Å². The van der Waals surface area contributed by atoms with Gasteiger partial charge in [0, 0.05) is 29.1 Å². The first kappa shape index (κ1) is 15.6. The zero-order valence-electron chi connectivity index (χ0n) is 10.0. The number of nitrogens with zero attached hydrogens (tertiary/aromatic N) is 1. The van der Waals surface area contributed by atoms with E-state index in [1.165, 1.54) is 0 Å². The highest BCUT2D eigenvalue weighted by molar-refractivity contribution is 9.11. The number of hydrogen-bond acceptors (Lipinski definition) is 3. The summed E-state index contributed by atoms with van der Waals surface area (Å²) in [5.41, 5.74) is 0.564. The minimum atomic E-state index is -0.130. The van der Waals surface area contributed by atoms with Crippen molar-refractivity contribution in [2.24, 2.45) is 0 Å². The van der Waals surface area contributed by atoms with Crippen LogP contribution in [0.2, 0.25) is 0 Å². The van der Waals surface area contributed by atoms with Gasteiger partial charge in [-0.15, -0.1) is 0 Å². The van der Waals surface area contributed by atoms with Crippen molar-refractivity contribution in [3.63, 3.8) is 0 Å². The minimum Gasteiger partial charge on any atom is -0.395 e. The molecular formula is C12H15Br2NO3. The lowest BCUT2D eigenvalue weighted by molar-refractivity contribution is 0.0655. The number of benzene rings is 1. The van der Waals surface area contributed by atoms with Crippen LogP contribution in [0.1, 0.15) is 10.4 Å². The normalized spacial score (nSPS) is 10.4. The first-order valence-corrected chi connectivity index (χ1v) is 7.03. The van der Waals surface area contributed by atoms with Gasteiger partial charge in [-0.05, 0) is 34.1 Å². The van der Waals surface area contributed by atoms with Crippen LogP contribution in [-0.4, -0.2) is 49.3 Å². The zero-order valence-corrected chi connectivity index (χ0v) is 13.2. The van der Waals surface area contributed by atoms with Gasteiger partial charge >= 0.3 is 0 Å². The maximum atomic E-state index is 12.3. The molecule has 1 amide bonds. The molecule has 1 aromatic carbocycles. The maximum absolute atomic E-state index is 12.3. The fourth-order valence-corrected chi connectivity index (χ4v) is 2.25. The quantitative estimate of drug-likeness (QED) is 0.823. The lowest BCUT2D eigenvalue weighted by Gasteiger charge is -2.22. The van der Waals surface area contributed by atoms with Gasteiger partial charge in [0.05, 0.1) is 18.8 Å². The standard InChI is InChI=1S/C12H15Br2NO3/c1-18-7-5-15(4-6-16)12(17)10-8-9(13)2-3-11(10)14/h2-3,8,16H,4-7H2,1H3. The molecule has 0 aliphatic heterocycles. The maximum Gasteiger partial charge on any atom is 0.255 e. The number of ether oxygens (including phenoxy) is 1. The van der Waals surface area contributed by atoms with Crippen molar-refractivity contribution in [1.29, 1.82) is 0 Å². The third-order valence-corrected chi connectivity index (χ3v) is 3.57. The predicted molar refractivity (Wildman–Crippen MR) is 76.7 cm³/mol. The molecule has 0 heterocycles. The minimum absolute atomic E-state index is 0.0684. The molecule has 0 radical (unpaired) electrons. The van der Waals surface area contributed by atoms with Gasteiger partial charge in [-0.25, -0.2) is 0 Å². The zero-order chi connectivity index (χ0) is 13.5. The largest absolute Gasteiger partial charge is 0.395 e. The number of aliphatic hydroxyl groups excluding tert-OH is 1. The number of hydrogen-bond donors (Lipinski definition) is 1. The Hall–Kier alpha value is -0.430. The average Bonchev–Trinajstić information content (AvgIpc) is 2.36. The molecule has 18 heavy (non-hydrogen) atoms. The number of halogens is 2. The van der Waals surface area contributed by atoms with E-state index in [4.69, 9.17) is 9.84 Å². The molecule has 0 saturated heterocycles. The molecule has 0 unspecified atom stereocenters. The first-order valence-electron chi connectivity index (χ1n) is 5.44. The molecule has 0 aliphatic carbocycles. The Morgan fingerprint density at radius 2 is 2.11 bits per heavy atom. The molecule has 0 spiro atoms. The van der Waals surface area contributed by atoms with Crippen molar-refractivity contribution >= 4 is 37.8 Å². The SMILES string of the molecule is COCCN(CCO)C(=O)c1cc(Br)ccc1Br. The number of amides is 1. The third-order valence-electron chi connectivity index (χ3n) is 2.38. The van der Waals surface area contributed by atoms with Gasteiger partial charge < -0.3 is 14.7 Å². The molecule has 6 heteroatoms. The summed E-state index contributed by atoms with van der Waals surface area (Å²) < 4.78 is 6.53. The highest BCUT2D eigenvalue weighted by Crippen LogP contribution is 2.22. The molecule has 1 aromatic rings. The summed E-state index contributed by atoms with van der Waals surface area (Å²) >= 11 is 6.70. The molecule has 1 rings (SSSR count). The molecular weight excluding hydrogens is 366 g/mol. The van der Waals surface area contributed by atoms with Crippen LogP contribution in [0, 0.1) is 0 Å². The van der Waals surface area contributed by atoms with E-state index < -0.39 is 0 Å². The summed E-state index contributed by atoms with van der Waals surface area (Å²) in [6.45, 7) is 1.12. The van der Waals surface area contributed by atoms with E-state index >= 15 is 0 Å². The van der Waals surface area contributed by atoms with E-state index in [-0.39, 0.29) is 12.5 Å². The first-order chi connectivity index (χ1) is 8.60. The topological polar surface area (TPSA) is 49.8 Å². The van der Waals surface area contributed by atoms with Gasteiger partial charge in [-0.1, -0.05) is 15.9 Å². The second kappa shape index (κ2) is 7.89. The third kappa shape index (κ3) is 4.35. The van der Waals surface area contributed by atoms with E-state index in [1.807, 2.05) is 12.1 Å². The molecule has 0 fully saturated rings. The summed E-state index contributed by atoms with van der Waals surface area (Å²) in [6, 6.07) is 5.42. The average molecular weight is 381 g/mol. The van der Waals surface area contributed by atoms with Crippen LogP contribution < -0.4 is 0 Å². The van der Waals surface area contributed by atoms with Gasteiger partial charge in [0.15, 0.2) is 0 Å². The van der Waals surface area contributed by atoms with Crippen molar-refractivity contribution in [3.8, 4) is 0 Å². The molecule has 0 aromatic heterocycles. The van der Waals surface area contributed by atoms with Crippen LogP contribution in [-0.2, 0) is 4.74 Å². The summed E-state index contributed by atoms with van der Waals surface area (Å²) in [7, 11) is 1.58. The van der Waals surface area contributed by atoms with Gasteiger partial charge in [-0.2, -0.15) is 0 Å². The molecule has 0 atom stereocenters. The van der Waals surface area contributed by atoms with Crippen LogP contribution in [0.15, 0.2) is 27.1 Å². The smallest absolute Gasteiger partial charge is 0.255 e. The number of methoxy groups -OCH3 is 1. The van der Waals surface area contributed by atoms with Crippen molar-refractivity contribution in [2.75, 3.05) is 33.4 Å². The summed E-state index contributed by atoms with van der Waals surface area (Å²) in [5, 5.41) is 9.00. The molecule has 0 aliphatic rings. The fraction of sp³-hybridized carbons (Fsp3) is 0.417. The molecule has 0 bridgehead atoms. The van der Waals surface area contributed by atoms with Gasteiger partial charge in [0.2, 0.25) is 0 Å². The lowest BCUT2D eigenvalue weighted by Crippen LogP contribution is -2.36.